The van der Waals surface area contributed by atoms with Gasteiger partial charge in [-0.25, -0.2) is 0 Å². The molecule has 1 aromatic carbocycles. The third-order valence-electron chi connectivity index (χ3n) is 4.72. The fourth-order valence-electron chi connectivity index (χ4n) is 3.53. The van der Waals surface area contributed by atoms with E-state index in [2.05, 4.69) is 63.0 Å². The number of hydrogen-bond acceptors (Lipinski definition) is 2. The molecular formula is C19H30N2O. The fraction of sp³-hybridized carbons (Fsp3) is 0.632. The van der Waals surface area contributed by atoms with Gasteiger partial charge in [0.1, 0.15) is 0 Å². The lowest BCUT2D eigenvalue weighted by Gasteiger charge is -2.34. The topological polar surface area (TPSA) is 32.3 Å². The Morgan fingerprint density at radius 3 is 2.45 bits per heavy atom. The lowest BCUT2D eigenvalue weighted by Crippen LogP contribution is -2.44. The van der Waals surface area contributed by atoms with Crippen LogP contribution >= 0.6 is 0 Å². The largest absolute Gasteiger partial charge is 0.348 e. The maximum atomic E-state index is 12.3. The smallest absolute Gasteiger partial charge is 0.234 e. The second-order valence-corrected chi connectivity index (χ2v) is 7.27. The van der Waals surface area contributed by atoms with E-state index in [-0.39, 0.29) is 11.9 Å². The van der Waals surface area contributed by atoms with Crippen LogP contribution in [0.4, 0.5) is 0 Å². The van der Waals surface area contributed by atoms with Crippen LogP contribution in [0.2, 0.25) is 0 Å². The number of benzene rings is 1. The summed E-state index contributed by atoms with van der Waals surface area (Å²) in [7, 11) is 0. The van der Waals surface area contributed by atoms with Gasteiger partial charge >= 0.3 is 0 Å². The Bertz CT molecular complexity index is 516. The maximum absolute atomic E-state index is 12.3. The zero-order valence-electron chi connectivity index (χ0n) is 14.6. The van der Waals surface area contributed by atoms with Crippen LogP contribution in [0, 0.1) is 25.7 Å². The summed E-state index contributed by atoms with van der Waals surface area (Å²) in [6.45, 7) is 13.4. The Hall–Kier alpha value is -1.35. The molecule has 0 aromatic heterocycles. The van der Waals surface area contributed by atoms with Crippen LogP contribution in [0.5, 0.6) is 0 Å². The number of likely N-dealkylation sites (tertiary alicyclic amines) is 1. The fourth-order valence-corrected chi connectivity index (χ4v) is 3.53. The van der Waals surface area contributed by atoms with Gasteiger partial charge in [0.2, 0.25) is 5.91 Å². The number of carbonyl (C=O) groups excluding carboxylic acids is 1. The van der Waals surface area contributed by atoms with E-state index in [0.29, 0.717) is 18.4 Å². The SMILES string of the molecule is Cc1ccc(C(C)NC(=O)CN2CC(C)CC(C)C2)cc1C. The van der Waals surface area contributed by atoms with Crippen LogP contribution in [-0.2, 0) is 4.79 Å². The van der Waals surface area contributed by atoms with Crippen molar-refractivity contribution in [3.05, 3.63) is 34.9 Å². The predicted molar refractivity (Wildman–Crippen MR) is 91.9 cm³/mol. The molecular weight excluding hydrogens is 272 g/mol. The molecule has 0 bridgehead atoms. The summed E-state index contributed by atoms with van der Waals surface area (Å²) in [6.07, 6.45) is 1.27. The molecule has 1 fully saturated rings. The molecule has 0 aliphatic carbocycles. The van der Waals surface area contributed by atoms with Gasteiger partial charge in [-0.2, -0.15) is 0 Å². The molecule has 122 valence electrons. The van der Waals surface area contributed by atoms with Gasteiger partial charge in [-0.15, -0.1) is 0 Å². The number of piperidine rings is 1. The normalized spacial score (nSPS) is 24.0. The minimum atomic E-state index is 0.0615. The van der Waals surface area contributed by atoms with E-state index in [1.165, 1.54) is 23.1 Å². The number of nitrogens with one attached hydrogen (secondary N) is 1. The van der Waals surface area contributed by atoms with Crippen molar-refractivity contribution in [2.45, 2.75) is 47.1 Å². The first-order chi connectivity index (χ1) is 10.3. The standard InChI is InChI=1S/C19H30N2O/c1-13-8-14(2)11-21(10-13)12-19(22)20-17(5)18-7-6-15(3)16(4)9-18/h6-7,9,13-14,17H,8,10-12H2,1-5H3,(H,20,22). The van der Waals surface area contributed by atoms with E-state index in [9.17, 15) is 4.79 Å². The quantitative estimate of drug-likeness (QED) is 0.924. The first-order valence-electron chi connectivity index (χ1n) is 8.44. The molecule has 1 amide bonds. The molecule has 0 saturated carbocycles. The second-order valence-electron chi connectivity index (χ2n) is 7.27. The molecule has 22 heavy (non-hydrogen) atoms. The molecule has 0 spiro atoms. The minimum Gasteiger partial charge on any atom is -0.348 e. The molecule has 1 aromatic rings. The van der Waals surface area contributed by atoms with Crippen molar-refractivity contribution in [3.8, 4) is 0 Å². The van der Waals surface area contributed by atoms with Gasteiger partial charge in [0.05, 0.1) is 12.6 Å². The van der Waals surface area contributed by atoms with Gasteiger partial charge in [0.15, 0.2) is 0 Å². The molecule has 3 unspecified atom stereocenters. The molecule has 1 saturated heterocycles. The van der Waals surface area contributed by atoms with Gasteiger partial charge in [-0.05, 0) is 55.7 Å². The molecule has 1 aliphatic heterocycles. The number of amides is 1. The summed E-state index contributed by atoms with van der Waals surface area (Å²) in [5, 5.41) is 3.14. The summed E-state index contributed by atoms with van der Waals surface area (Å²) in [6, 6.07) is 6.47. The number of rotatable bonds is 4. The molecule has 2 rings (SSSR count). The molecule has 3 atom stereocenters. The van der Waals surface area contributed by atoms with E-state index in [4.69, 9.17) is 0 Å². The van der Waals surface area contributed by atoms with Crippen LogP contribution in [-0.4, -0.2) is 30.4 Å². The average Bonchev–Trinajstić information content (AvgIpc) is 2.40. The van der Waals surface area contributed by atoms with Gasteiger partial charge in [-0.1, -0.05) is 32.0 Å². The Kier molecular flexibility index (Phi) is 5.63. The van der Waals surface area contributed by atoms with Crippen LogP contribution in [0.3, 0.4) is 0 Å². The van der Waals surface area contributed by atoms with Gasteiger partial charge < -0.3 is 5.32 Å². The molecule has 1 heterocycles. The van der Waals surface area contributed by atoms with Gasteiger partial charge in [0.25, 0.3) is 0 Å². The highest BCUT2D eigenvalue weighted by Crippen LogP contribution is 2.21. The minimum absolute atomic E-state index is 0.0615. The van der Waals surface area contributed by atoms with Crippen molar-refractivity contribution in [3.63, 3.8) is 0 Å². The Morgan fingerprint density at radius 2 is 1.86 bits per heavy atom. The summed E-state index contributed by atoms with van der Waals surface area (Å²) in [4.78, 5) is 14.6. The zero-order valence-corrected chi connectivity index (χ0v) is 14.6. The number of carbonyl (C=O) groups is 1. The van der Waals surface area contributed by atoms with Crippen molar-refractivity contribution in [2.75, 3.05) is 19.6 Å². The van der Waals surface area contributed by atoms with Crippen LogP contribution in [0.15, 0.2) is 18.2 Å². The van der Waals surface area contributed by atoms with E-state index >= 15 is 0 Å². The summed E-state index contributed by atoms with van der Waals surface area (Å²) < 4.78 is 0. The summed E-state index contributed by atoms with van der Waals surface area (Å²) in [5.74, 6) is 1.51. The molecule has 3 heteroatoms. The zero-order chi connectivity index (χ0) is 16.3. The molecule has 1 aliphatic rings. The van der Waals surface area contributed by atoms with Crippen molar-refractivity contribution >= 4 is 5.91 Å². The third kappa shape index (κ3) is 4.57. The van der Waals surface area contributed by atoms with Crippen molar-refractivity contribution < 1.29 is 4.79 Å². The monoisotopic (exact) mass is 302 g/mol. The van der Waals surface area contributed by atoms with Crippen LogP contribution < -0.4 is 5.32 Å². The first kappa shape index (κ1) is 17.0. The van der Waals surface area contributed by atoms with Crippen molar-refractivity contribution in [1.82, 2.24) is 10.2 Å². The molecule has 3 nitrogen and oxygen atoms in total. The van der Waals surface area contributed by atoms with E-state index in [1.54, 1.807) is 0 Å². The Morgan fingerprint density at radius 1 is 1.23 bits per heavy atom. The lowest BCUT2D eigenvalue weighted by atomic mass is 9.92. The highest BCUT2D eigenvalue weighted by molar-refractivity contribution is 5.78. The highest BCUT2D eigenvalue weighted by atomic mass is 16.2. The lowest BCUT2D eigenvalue weighted by molar-refractivity contribution is -0.123. The second kappa shape index (κ2) is 7.28. The van der Waals surface area contributed by atoms with Crippen molar-refractivity contribution in [2.24, 2.45) is 11.8 Å². The first-order valence-corrected chi connectivity index (χ1v) is 8.44. The number of nitrogens with zero attached hydrogens (tertiary/aromatic N) is 1. The Balaban J connectivity index is 1.89. The van der Waals surface area contributed by atoms with Crippen LogP contribution in [0.1, 0.15) is 49.9 Å². The number of hydrogen-bond donors (Lipinski definition) is 1. The highest BCUT2D eigenvalue weighted by Gasteiger charge is 2.23. The molecule has 1 N–H and O–H groups in total. The third-order valence-corrected chi connectivity index (χ3v) is 4.72. The average molecular weight is 302 g/mol. The molecule has 0 radical (unpaired) electrons. The van der Waals surface area contributed by atoms with E-state index in [1.807, 2.05) is 0 Å². The van der Waals surface area contributed by atoms with Crippen LogP contribution in [0.25, 0.3) is 0 Å². The van der Waals surface area contributed by atoms with Gasteiger partial charge in [-0.3, -0.25) is 9.69 Å². The predicted octanol–water partition coefficient (Wildman–Crippen LogP) is 3.46. The summed E-state index contributed by atoms with van der Waals surface area (Å²) in [5.41, 5.74) is 3.74. The van der Waals surface area contributed by atoms with Crippen molar-refractivity contribution in [1.29, 1.82) is 0 Å². The Labute approximate surface area is 135 Å². The number of aryl methyl sites for hydroxylation is 2. The summed E-state index contributed by atoms with van der Waals surface area (Å²) >= 11 is 0. The van der Waals surface area contributed by atoms with E-state index < -0.39 is 0 Å². The maximum Gasteiger partial charge on any atom is 0.234 e. The van der Waals surface area contributed by atoms with Gasteiger partial charge in [0, 0.05) is 13.1 Å². The van der Waals surface area contributed by atoms with E-state index in [0.717, 1.165) is 13.1 Å².